The Morgan fingerprint density at radius 1 is 1.20 bits per heavy atom. The van der Waals surface area contributed by atoms with Crippen molar-refractivity contribution < 1.29 is 14.8 Å². The molecular formula is C13H9BrN2O4. The summed E-state index contributed by atoms with van der Waals surface area (Å²) in [5.74, 6) is -1.21. The molecule has 0 saturated carbocycles. The SMILES string of the molecule is O=C(O)c1ccc(Nc2ccc(Br)cc2)c([N+](=O)[O-])c1. The van der Waals surface area contributed by atoms with Crippen LogP contribution in [-0.2, 0) is 0 Å². The molecule has 6 nitrogen and oxygen atoms in total. The van der Waals surface area contributed by atoms with Crippen molar-refractivity contribution >= 4 is 39.0 Å². The van der Waals surface area contributed by atoms with Crippen LogP contribution in [0.3, 0.4) is 0 Å². The second kappa shape index (κ2) is 5.70. The van der Waals surface area contributed by atoms with Crippen molar-refractivity contribution in [2.24, 2.45) is 0 Å². The lowest BCUT2D eigenvalue weighted by Crippen LogP contribution is -2.01. The Balaban J connectivity index is 2.38. The minimum Gasteiger partial charge on any atom is -0.478 e. The first-order chi connectivity index (χ1) is 9.47. The van der Waals surface area contributed by atoms with E-state index < -0.39 is 10.9 Å². The van der Waals surface area contributed by atoms with Crippen molar-refractivity contribution in [2.45, 2.75) is 0 Å². The van der Waals surface area contributed by atoms with Gasteiger partial charge in [-0.05, 0) is 36.4 Å². The van der Waals surface area contributed by atoms with Crippen molar-refractivity contribution in [3.05, 3.63) is 62.6 Å². The highest BCUT2D eigenvalue weighted by molar-refractivity contribution is 9.10. The topological polar surface area (TPSA) is 92.5 Å². The molecule has 0 radical (unpaired) electrons. The van der Waals surface area contributed by atoms with E-state index >= 15 is 0 Å². The van der Waals surface area contributed by atoms with Gasteiger partial charge in [0.25, 0.3) is 5.69 Å². The zero-order chi connectivity index (χ0) is 14.7. The van der Waals surface area contributed by atoms with Gasteiger partial charge in [0.2, 0.25) is 0 Å². The Morgan fingerprint density at radius 2 is 1.85 bits per heavy atom. The fourth-order valence-electron chi connectivity index (χ4n) is 1.61. The third-order valence-electron chi connectivity index (χ3n) is 2.56. The molecule has 0 fully saturated rings. The number of nitrogens with zero attached hydrogens (tertiary/aromatic N) is 1. The normalized spacial score (nSPS) is 10.1. The number of carboxylic acids is 1. The van der Waals surface area contributed by atoms with Gasteiger partial charge >= 0.3 is 5.97 Å². The quantitative estimate of drug-likeness (QED) is 0.654. The number of carboxylic acid groups (broad SMARTS) is 1. The number of halogens is 1. The first-order valence-electron chi connectivity index (χ1n) is 5.51. The highest BCUT2D eigenvalue weighted by atomic mass is 79.9. The number of nitro groups is 1. The molecule has 0 atom stereocenters. The van der Waals surface area contributed by atoms with Gasteiger partial charge in [0.15, 0.2) is 0 Å². The molecule has 0 aliphatic rings. The molecule has 2 aromatic carbocycles. The molecule has 2 aromatic rings. The third-order valence-corrected chi connectivity index (χ3v) is 3.09. The molecule has 102 valence electrons. The predicted molar refractivity (Wildman–Crippen MR) is 77.5 cm³/mol. The average Bonchev–Trinajstić information content (AvgIpc) is 2.41. The smallest absolute Gasteiger partial charge is 0.335 e. The molecule has 0 heterocycles. The summed E-state index contributed by atoms with van der Waals surface area (Å²) in [6, 6.07) is 10.8. The second-order valence-electron chi connectivity index (χ2n) is 3.93. The third kappa shape index (κ3) is 3.12. The molecule has 0 aliphatic heterocycles. The first-order valence-corrected chi connectivity index (χ1v) is 6.31. The van der Waals surface area contributed by atoms with Crippen molar-refractivity contribution in [2.75, 3.05) is 5.32 Å². The molecule has 2 rings (SSSR count). The largest absolute Gasteiger partial charge is 0.478 e. The summed E-state index contributed by atoms with van der Waals surface area (Å²) in [4.78, 5) is 21.2. The fraction of sp³-hybridized carbons (Fsp3) is 0. The Morgan fingerprint density at radius 3 is 2.40 bits per heavy atom. The molecule has 20 heavy (non-hydrogen) atoms. The standard InChI is InChI=1S/C13H9BrN2O4/c14-9-2-4-10(5-3-9)15-11-6-1-8(13(17)18)7-12(11)16(19)20/h1-7,15H,(H,17,18). The number of nitro benzene ring substituents is 1. The van der Waals surface area contributed by atoms with Crippen LogP contribution in [0.15, 0.2) is 46.9 Å². The molecule has 7 heteroatoms. The fourth-order valence-corrected chi connectivity index (χ4v) is 1.87. The predicted octanol–water partition coefficient (Wildman–Crippen LogP) is 3.80. The summed E-state index contributed by atoms with van der Waals surface area (Å²) in [7, 11) is 0. The van der Waals surface area contributed by atoms with Gasteiger partial charge in [0.05, 0.1) is 10.5 Å². The Hall–Kier alpha value is -2.41. The number of anilines is 2. The number of rotatable bonds is 4. The van der Waals surface area contributed by atoms with E-state index in [1.54, 1.807) is 24.3 Å². The maximum Gasteiger partial charge on any atom is 0.335 e. The van der Waals surface area contributed by atoms with Gasteiger partial charge in [-0.2, -0.15) is 0 Å². The van der Waals surface area contributed by atoms with Crippen LogP contribution in [0.5, 0.6) is 0 Å². The number of carbonyl (C=O) groups is 1. The van der Waals surface area contributed by atoms with Crippen LogP contribution in [0.4, 0.5) is 17.1 Å². The number of hydrogen-bond donors (Lipinski definition) is 2. The van der Waals surface area contributed by atoms with Gasteiger partial charge in [0, 0.05) is 16.2 Å². The van der Waals surface area contributed by atoms with E-state index in [9.17, 15) is 14.9 Å². The lowest BCUT2D eigenvalue weighted by atomic mass is 10.1. The van der Waals surface area contributed by atoms with E-state index in [1.807, 2.05) is 0 Å². The number of aromatic carboxylic acids is 1. The van der Waals surface area contributed by atoms with Gasteiger partial charge < -0.3 is 10.4 Å². The van der Waals surface area contributed by atoms with Crippen molar-refractivity contribution in [1.29, 1.82) is 0 Å². The second-order valence-corrected chi connectivity index (χ2v) is 4.84. The van der Waals surface area contributed by atoms with E-state index in [-0.39, 0.29) is 16.9 Å². The molecule has 0 aromatic heterocycles. The summed E-state index contributed by atoms with van der Waals surface area (Å²) in [5, 5.41) is 22.8. The number of nitrogens with one attached hydrogen (secondary N) is 1. The van der Waals surface area contributed by atoms with Crippen LogP contribution < -0.4 is 5.32 Å². The van der Waals surface area contributed by atoms with Crippen LogP contribution in [0, 0.1) is 10.1 Å². The lowest BCUT2D eigenvalue weighted by molar-refractivity contribution is -0.383. The molecule has 0 saturated heterocycles. The average molecular weight is 337 g/mol. The minimum absolute atomic E-state index is 0.127. The van der Waals surface area contributed by atoms with Crippen molar-refractivity contribution in [3.8, 4) is 0 Å². The van der Waals surface area contributed by atoms with Gasteiger partial charge in [-0.3, -0.25) is 10.1 Å². The highest BCUT2D eigenvalue weighted by Crippen LogP contribution is 2.29. The summed E-state index contributed by atoms with van der Waals surface area (Å²) in [5.41, 5.74) is 0.493. The van der Waals surface area contributed by atoms with E-state index in [0.29, 0.717) is 5.69 Å². The maximum atomic E-state index is 11.0. The van der Waals surface area contributed by atoms with Crippen LogP contribution in [0.1, 0.15) is 10.4 Å². The Bertz CT molecular complexity index is 671. The molecule has 0 spiro atoms. The van der Waals surface area contributed by atoms with Crippen LogP contribution >= 0.6 is 15.9 Å². The summed E-state index contributed by atoms with van der Waals surface area (Å²) >= 11 is 3.29. The highest BCUT2D eigenvalue weighted by Gasteiger charge is 2.17. The van der Waals surface area contributed by atoms with Gasteiger partial charge in [0.1, 0.15) is 5.69 Å². The molecule has 2 N–H and O–H groups in total. The number of benzene rings is 2. The van der Waals surface area contributed by atoms with Gasteiger partial charge in [-0.1, -0.05) is 15.9 Å². The zero-order valence-corrected chi connectivity index (χ0v) is 11.6. The van der Waals surface area contributed by atoms with E-state index in [1.165, 1.54) is 12.1 Å². The van der Waals surface area contributed by atoms with Crippen LogP contribution in [0.25, 0.3) is 0 Å². The summed E-state index contributed by atoms with van der Waals surface area (Å²) < 4.78 is 0.888. The van der Waals surface area contributed by atoms with Crippen LogP contribution in [0.2, 0.25) is 0 Å². The monoisotopic (exact) mass is 336 g/mol. The minimum atomic E-state index is -1.21. The van der Waals surface area contributed by atoms with Crippen LogP contribution in [-0.4, -0.2) is 16.0 Å². The van der Waals surface area contributed by atoms with Gasteiger partial charge in [-0.25, -0.2) is 4.79 Å². The summed E-state index contributed by atoms with van der Waals surface area (Å²) in [6.07, 6.45) is 0. The number of hydrogen-bond acceptors (Lipinski definition) is 4. The van der Waals surface area contributed by atoms with E-state index in [0.717, 1.165) is 10.5 Å². The van der Waals surface area contributed by atoms with E-state index in [4.69, 9.17) is 5.11 Å². The molecule has 0 bridgehead atoms. The lowest BCUT2D eigenvalue weighted by Gasteiger charge is -2.07. The summed E-state index contributed by atoms with van der Waals surface area (Å²) in [6.45, 7) is 0. The van der Waals surface area contributed by atoms with Crippen molar-refractivity contribution in [3.63, 3.8) is 0 Å². The molecular weight excluding hydrogens is 328 g/mol. The van der Waals surface area contributed by atoms with E-state index in [2.05, 4.69) is 21.2 Å². The van der Waals surface area contributed by atoms with Crippen molar-refractivity contribution in [1.82, 2.24) is 0 Å². The maximum absolute atomic E-state index is 11.0. The first kappa shape index (κ1) is 14.0. The zero-order valence-electron chi connectivity index (χ0n) is 10.0. The molecule has 0 aliphatic carbocycles. The Kier molecular flexibility index (Phi) is 3.99. The Labute approximate surface area is 122 Å². The molecule has 0 amide bonds. The van der Waals surface area contributed by atoms with Gasteiger partial charge in [-0.15, -0.1) is 0 Å². The molecule has 0 unspecified atom stereocenters.